The molecule has 0 saturated heterocycles. The van der Waals surface area contributed by atoms with Crippen molar-refractivity contribution in [2.45, 2.75) is 450 Å². The molecule has 6 heteroatoms. The molecule has 0 aromatic rings. The van der Waals surface area contributed by atoms with Crippen molar-refractivity contribution in [1.29, 1.82) is 0 Å². The fraction of sp³-hybridized carbons (Fsp3) is 0.900. The van der Waals surface area contributed by atoms with Gasteiger partial charge in [0.1, 0.15) is 0 Å². The summed E-state index contributed by atoms with van der Waals surface area (Å²) in [5.74, 6) is -0.0487. The van der Waals surface area contributed by atoms with Gasteiger partial charge in [-0.3, -0.25) is 9.59 Å². The van der Waals surface area contributed by atoms with Crippen LogP contribution in [0.3, 0.4) is 0 Å². The number of hydrogen-bond acceptors (Lipinski definition) is 5. The van der Waals surface area contributed by atoms with E-state index >= 15 is 0 Å². The predicted octanol–water partition coefficient (Wildman–Crippen LogP) is 25.8. The Kier molecular flexibility index (Phi) is 73.9. The van der Waals surface area contributed by atoms with Gasteiger partial charge in [0.2, 0.25) is 5.91 Å². The standard InChI is InChI=1S/C80H153NO5/c1-3-5-7-9-11-13-15-17-19-20-21-22-23-29-32-35-38-41-45-48-52-56-60-64-68-72-78(83)77(76-82)81-79(84)73-69-65-61-57-53-49-46-42-39-36-33-30-27-25-24-26-28-31-34-37-40-43-47-51-55-59-63-67-71-75-86-80(85)74-70-66-62-58-54-50-44-18-16-14-12-10-8-6-4-2/h24,26,31,34,68,72,77-78,82-83H,3-23,25,27-30,32-33,35-67,69-71,73-76H2,1-2H3,(H,81,84)/b26-24-,34-31-,72-68+. The summed E-state index contributed by atoms with van der Waals surface area (Å²) in [6.45, 7) is 4.95. The third-order valence-electron chi connectivity index (χ3n) is 18.4. The van der Waals surface area contributed by atoms with E-state index in [0.29, 0.717) is 19.4 Å². The first-order valence-corrected chi connectivity index (χ1v) is 39.3. The Hall–Kier alpha value is -1.92. The molecule has 0 fully saturated rings. The van der Waals surface area contributed by atoms with Crippen molar-refractivity contribution >= 4 is 11.9 Å². The average Bonchev–Trinajstić information content (AvgIpc) is 3.52. The number of carbonyl (C=O) groups excluding carboxylic acids is 2. The van der Waals surface area contributed by atoms with Crippen LogP contribution in [-0.4, -0.2) is 47.4 Å². The van der Waals surface area contributed by atoms with E-state index in [0.717, 1.165) is 44.9 Å². The number of unbranched alkanes of at least 4 members (excludes halogenated alkanes) is 59. The summed E-state index contributed by atoms with van der Waals surface area (Å²) in [4.78, 5) is 24.6. The molecule has 0 aromatic heterocycles. The van der Waals surface area contributed by atoms with E-state index in [2.05, 4.69) is 43.5 Å². The molecule has 0 aliphatic rings. The van der Waals surface area contributed by atoms with Crippen molar-refractivity contribution in [3.8, 4) is 0 Å². The topological polar surface area (TPSA) is 95.9 Å². The summed E-state index contributed by atoms with van der Waals surface area (Å²) in [6.07, 6.45) is 98.3. The lowest BCUT2D eigenvalue weighted by Crippen LogP contribution is -2.45. The van der Waals surface area contributed by atoms with E-state index in [1.54, 1.807) is 6.08 Å². The van der Waals surface area contributed by atoms with Crippen LogP contribution in [0.15, 0.2) is 36.5 Å². The molecule has 2 atom stereocenters. The average molecular weight is 1210 g/mol. The van der Waals surface area contributed by atoms with Gasteiger partial charge in [-0.15, -0.1) is 0 Å². The largest absolute Gasteiger partial charge is 0.466 e. The molecule has 0 saturated carbocycles. The van der Waals surface area contributed by atoms with Gasteiger partial charge >= 0.3 is 5.97 Å². The van der Waals surface area contributed by atoms with E-state index in [9.17, 15) is 19.8 Å². The Morgan fingerprint density at radius 1 is 0.326 bits per heavy atom. The van der Waals surface area contributed by atoms with Crippen LogP contribution < -0.4 is 5.32 Å². The second-order valence-corrected chi connectivity index (χ2v) is 27.0. The summed E-state index contributed by atoms with van der Waals surface area (Å²) >= 11 is 0. The zero-order valence-electron chi connectivity index (χ0n) is 58.3. The molecule has 0 spiro atoms. The van der Waals surface area contributed by atoms with Crippen LogP contribution in [-0.2, 0) is 14.3 Å². The van der Waals surface area contributed by atoms with Gasteiger partial charge in [0.25, 0.3) is 0 Å². The van der Waals surface area contributed by atoms with E-state index in [-0.39, 0.29) is 18.5 Å². The monoisotopic (exact) mass is 1210 g/mol. The van der Waals surface area contributed by atoms with Gasteiger partial charge in [-0.1, -0.05) is 397 Å². The maximum absolute atomic E-state index is 12.6. The Bertz CT molecular complexity index is 1390. The Morgan fingerprint density at radius 3 is 0.884 bits per heavy atom. The third kappa shape index (κ3) is 71.2. The molecule has 0 aliphatic heterocycles. The number of aliphatic hydroxyl groups excluding tert-OH is 2. The van der Waals surface area contributed by atoms with E-state index < -0.39 is 12.1 Å². The summed E-state index contributed by atoms with van der Waals surface area (Å²) in [7, 11) is 0. The van der Waals surface area contributed by atoms with Gasteiger partial charge in [0.15, 0.2) is 0 Å². The van der Waals surface area contributed by atoms with Crippen LogP contribution >= 0.6 is 0 Å². The first kappa shape index (κ1) is 84.1. The molecule has 0 rings (SSSR count). The highest BCUT2D eigenvalue weighted by Crippen LogP contribution is 2.19. The van der Waals surface area contributed by atoms with E-state index in [1.807, 2.05) is 6.08 Å². The van der Waals surface area contributed by atoms with Crippen LogP contribution in [0, 0.1) is 0 Å². The van der Waals surface area contributed by atoms with Crippen molar-refractivity contribution < 1.29 is 24.5 Å². The molecule has 0 aromatic carbocycles. The number of amides is 1. The molecule has 86 heavy (non-hydrogen) atoms. The van der Waals surface area contributed by atoms with Crippen LogP contribution in [0.1, 0.15) is 438 Å². The molecule has 3 N–H and O–H groups in total. The number of nitrogens with one attached hydrogen (secondary N) is 1. The van der Waals surface area contributed by atoms with Gasteiger partial charge in [-0.05, 0) is 64.2 Å². The normalized spacial score (nSPS) is 12.7. The van der Waals surface area contributed by atoms with Crippen molar-refractivity contribution in [1.82, 2.24) is 5.32 Å². The number of carbonyl (C=O) groups is 2. The fourth-order valence-corrected chi connectivity index (χ4v) is 12.4. The minimum Gasteiger partial charge on any atom is -0.466 e. The summed E-state index contributed by atoms with van der Waals surface area (Å²) in [5, 5.41) is 23.3. The molecule has 0 heterocycles. The second kappa shape index (κ2) is 75.5. The Balaban J connectivity index is 3.42. The van der Waals surface area contributed by atoms with Gasteiger partial charge in [0.05, 0.1) is 25.4 Å². The van der Waals surface area contributed by atoms with E-state index in [1.165, 1.54) is 366 Å². The van der Waals surface area contributed by atoms with Crippen molar-refractivity contribution in [3.05, 3.63) is 36.5 Å². The van der Waals surface area contributed by atoms with Crippen LogP contribution in [0.2, 0.25) is 0 Å². The summed E-state index contributed by atoms with van der Waals surface area (Å²) in [5.41, 5.74) is 0. The second-order valence-electron chi connectivity index (χ2n) is 27.0. The number of allylic oxidation sites excluding steroid dienone is 5. The lowest BCUT2D eigenvalue weighted by molar-refractivity contribution is -0.143. The highest BCUT2D eigenvalue weighted by atomic mass is 16.5. The number of hydrogen-bond donors (Lipinski definition) is 3. The van der Waals surface area contributed by atoms with Crippen LogP contribution in [0.5, 0.6) is 0 Å². The zero-order chi connectivity index (χ0) is 62.0. The zero-order valence-corrected chi connectivity index (χ0v) is 58.3. The van der Waals surface area contributed by atoms with Crippen molar-refractivity contribution in [3.63, 3.8) is 0 Å². The fourth-order valence-electron chi connectivity index (χ4n) is 12.4. The summed E-state index contributed by atoms with van der Waals surface area (Å²) in [6, 6.07) is -0.631. The maximum atomic E-state index is 12.6. The predicted molar refractivity (Wildman–Crippen MR) is 379 cm³/mol. The first-order chi connectivity index (χ1) is 42.5. The number of ether oxygens (including phenoxy) is 1. The van der Waals surface area contributed by atoms with E-state index in [4.69, 9.17) is 4.74 Å². The maximum Gasteiger partial charge on any atom is 0.305 e. The number of aliphatic hydroxyl groups is 2. The van der Waals surface area contributed by atoms with Gasteiger partial charge < -0.3 is 20.3 Å². The smallest absolute Gasteiger partial charge is 0.305 e. The molecular weight excluding hydrogens is 1050 g/mol. The number of esters is 1. The highest BCUT2D eigenvalue weighted by Gasteiger charge is 2.18. The number of rotatable bonds is 74. The van der Waals surface area contributed by atoms with Crippen LogP contribution in [0.25, 0.3) is 0 Å². The van der Waals surface area contributed by atoms with Gasteiger partial charge in [0, 0.05) is 12.8 Å². The summed E-state index contributed by atoms with van der Waals surface area (Å²) < 4.78 is 5.50. The molecular formula is C80H153NO5. The lowest BCUT2D eigenvalue weighted by atomic mass is 10.0. The highest BCUT2D eigenvalue weighted by molar-refractivity contribution is 5.76. The molecule has 0 bridgehead atoms. The first-order valence-electron chi connectivity index (χ1n) is 39.3. The molecule has 2 unspecified atom stereocenters. The minimum atomic E-state index is -0.847. The Labute approximate surface area is 538 Å². The van der Waals surface area contributed by atoms with Gasteiger partial charge in [-0.2, -0.15) is 0 Å². The quantitative estimate of drug-likeness (QED) is 0.0320. The molecule has 508 valence electrons. The third-order valence-corrected chi connectivity index (χ3v) is 18.4. The minimum absolute atomic E-state index is 0.0154. The van der Waals surface area contributed by atoms with Crippen molar-refractivity contribution in [2.75, 3.05) is 13.2 Å². The van der Waals surface area contributed by atoms with Gasteiger partial charge in [-0.25, -0.2) is 0 Å². The molecule has 1 amide bonds. The molecule has 0 radical (unpaired) electrons. The SMILES string of the molecule is CCCCCCCCCCCCCCCCCCCCCCCCC/C=C/C(O)C(CO)NC(=O)CCCCCCCCCCCCCCC/C=C\C/C=C\CCCCCCCCCCCOC(=O)CCCCCCCCCCCCCCCCC. The molecule has 0 aliphatic carbocycles. The van der Waals surface area contributed by atoms with Crippen LogP contribution in [0.4, 0.5) is 0 Å². The Morgan fingerprint density at radius 2 is 0.581 bits per heavy atom. The molecule has 6 nitrogen and oxygen atoms in total. The lowest BCUT2D eigenvalue weighted by Gasteiger charge is -2.20. The van der Waals surface area contributed by atoms with Crippen molar-refractivity contribution in [2.24, 2.45) is 0 Å².